The van der Waals surface area contributed by atoms with Crippen LogP contribution in [-0.4, -0.2) is 31.3 Å². The Morgan fingerprint density at radius 1 is 1.47 bits per heavy atom. The fraction of sp³-hybridized carbons (Fsp3) is 0.444. The van der Waals surface area contributed by atoms with Gasteiger partial charge in [-0.3, -0.25) is 4.40 Å². The van der Waals surface area contributed by atoms with Gasteiger partial charge in [-0.1, -0.05) is 13.8 Å². The van der Waals surface area contributed by atoms with Crippen LogP contribution >= 0.6 is 15.9 Å². The molecule has 0 atom stereocenters. The second-order valence-electron chi connectivity index (χ2n) is 3.98. The van der Waals surface area contributed by atoms with Gasteiger partial charge in [-0.05, 0) is 15.9 Å². The standard InChI is InChI=1S/C9H11BrN4O/c1-9(2,5-15)8-13-12-7-6(10)11-3-4-14(7)8/h3-4,15H,5H2,1-2H3. The Kier molecular flexibility index (Phi) is 2.47. The average molecular weight is 271 g/mol. The van der Waals surface area contributed by atoms with E-state index in [1.807, 2.05) is 18.2 Å². The third-order valence-corrected chi connectivity index (χ3v) is 2.84. The predicted octanol–water partition coefficient (Wildman–Crippen LogP) is 1.16. The lowest BCUT2D eigenvalue weighted by atomic mass is 9.94. The van der Waals surface area contributed by atoms with Gasteiger partial charge in [0.05, 0.1) is 6.61 Å². The summed E-state index contributed by atoms with van der Waals surface area (Å²) in [4.78, 5) is 4.06. The Morgan fingerprint density at radius 3 is 2.87 bits per heavy atom. The predicted molar refractivity (Wildman–Crippen MR) is 58.6 cm³/mol. The van der Waals surface area contributed by atoms with E-state index in [9.17, 15) is 5.11 Å². The molecule has 0 bridgehead atoms. The Morgan fingerprint density at radius 2 is 2.20 bits per heavy atom. The molecule has 80 valence electrons. The van der Waals surface area contributed by atoms with E-state index in [2.05, 4.69) is 31.1 Å². The van der Waals surface area contributed by atoms with Gasteiger partial charge in [0.15, 0.2) is 10.3 Å². The van der Waals surface area contributed by atoms with Crippen LogP contribution in [0.4, 0.5) is 0 Å². The molecule has 1 N–H and O–H groups in total. The first kappa shape index (κ1) is 10.5. The fourth-order valence-electron chi connectivity index (χ4n) is 1.33. The zero-order valence-corrected chi connectivity index (χ0v) is 10.1. The number of halogens is 1. The molecule has 2 aromatic heterocycles. The van der Waals surface area contributed by atoms with Crippen molar-refractivity contribution in [1.29, 1.82) is 0 Å². The van der Waals surface area contributed by atoms with E-state index in [0.717, 1.165) is 5.82 Å². The lowest BCUT2D eigenvalue weighted by molar-refractivity contribution is 0.211. The Balaban J connectivity index is 2.69. The maximum atomic E-state index is 9.29. The highest BCUT2D eigenvalue weighted by atomic mass is 79.9. The van der Waals surface area contributed by atoms with Gasteiger partial charge in [-0.2, -0.15) is 0 Å². The number of nitrogens with zero attached hydrogens (tertiary/aromatic N) is 4. The van der Waals surface area contributed by atoms with Crippen LogP contribution in [0.5, 0.6) is 0 Å². The fourth-order valence-corrected chi connectivity index (χ4v) is 1.72. The van der Waals surface area contributed by atoms with Crippen molar-refractivity contribution < 1.29 is 5.11 Å². The molecule has 0 saturated carbocycles. The molecule has 0 aromatic carbocycles. The van der Waals surface area contributed by atoms with E-state index in [1.165, 1.54) is 0 Å². The van der Waals surface area contributed by atoms with E-state index in [1.54, 1.807) is 12.4 Å². The summed E-state index contributed by atoms with van der Waals surface area (Å²) in [5.74, 6) is 0.725. The summed E-state index contributed by atoms with van der Waals surface area (Å²) in [6, 6.07) is 0. The summed E-state index contributed by atoms with van der Waals surface area (Å²) < 4.78 is 2.48. The van der Waals surface area contributed by atoms with Crippen molar-refractivity contribution >= 4 is 21.6 Å². The molecule has 0 unspecified atom stereocenters. The molecule has 2 heterocycles. The van der Waals surface area contributed by atoms with Crippen LogP contribution in [0, 0.1) is 0 Å². The molecule has 0 aliphatic heterocycles. The normalized spacial score (nSPS) is 12.3. The zero-order valence-electron chi connectivity index (χ0n) is 8.48. The van der Waals surface area contributed by atoms with Gasteiger partial charge in [0.25, 0.3) is 0 Å². The molecule has 0 aliphatic rings. The third kappa shape index (κ3) is 1.63. The average Bonchev–Trinajstić information content (AvgIpc) is 2.63. The lowest BCUT2D eigenvalue weighted by Crippen LogP contribution is -2.25. The van der Waals surface area contributed by atoms with Crippen LogP contribution in [0.2, 0.25) is 0 Å². The minimum atomic E-state index is -0.416. The van der Waals surface area contributed by atoms with Gasteiger partial charge in [0.1, 0.15) is 5.82 Å². The number of aliphatic hydroxyl groups is 1. The quantitative estimate of drug-likeness (QED) is 0.890. The highest BCUT2D eigenvalue weighted by Gasteiger charge is 2.26. The second-order valence-corrected chi connectivity index (χ2v) is 4.73. The molecule has 2 aromatic rings. The highest BCUT2D eigenvalue weighted by molar-refractivity contribution is 9.10. The first-order chi connectivity index (χ1) is 7.06. The van der Waals surface area contributed by atoms with Gasteiger partial charge in [0.2, 0.25) is 0 Å². The van der Waals surface area contributed by atoms with Gasteiger partial charge < -0.3 is 5.11 Å². The smallest absolute Gasteiger partial charge is 0.194 e. The third-order valence-electron chi connectivity index (χ3n) is 2.28. The molecule has 6 heteroatoms. The molecule has 0 amide bonds. The molecule has 0 radical (unpaired) electrons. The van der Waals surface area contributed by atoms with Gasteiger partial charge in [-0.15, -0.1) is 10.2 Å². The van der Waals surface area contributed by atoms with E-state index in [4.69, 9.17) is 0 Å². The molecule has 0 fully saturated rings. The maximum Gasteiger partial charge on any atom is 0.194 e. The molecule has 2 rings (SSSR count). The van der Waals surface area contributed by atoms with Crippen LogP contribution in [0.25, 0.3) is 5.65 Å². The SMILES string of the molecule is CC(C)(CO)c1nnc2c(Br)nccn12. The molecule has 5 nitrogen and oxygen atoms in total. The Labute approximate surface area is 95.3 Å². The van der Waals surface area contributed by atoms with E-state index >= 15 is 0 Å². The van der Waals surface area contributed by atoms with Crippen LogP contribution in [0.3, 0.4) is 0 Å². The molecule has 0 spiro atoms. The summed E-state index contributed by atoms with van der Waals surface area (Å²) >= 11 is 3.30. The van der Waals surface area contributed by atoms with Crippen molar-refractivity contribution in [2.24, 2.45) is 0 Å². The number of hydrogen-bond donors (Lipinski definition) is 1. The maximum absolute atomic E-state index is 9.29. The van der Waals surface area contributed by atoms with Crippen LogP contribution in [0.1, 0.15) is 19.7 Å². The van der Waals surface area contributed by atoms with Crippen LogP contribution < -0.4 is 0 Å². The summed E-state index contributed by atoms with van der Waals surface area (Å²) in [6.45, 7) is 3.85. The summed E-state index contributed by atoms with van der Waals surface area (Å²) in [7, 11) is 0. The van der Waals surface area contributed by atoms with E-state index < -0.39 is 5.41 Å². The largest absolute Gasteiger partial charge is 0.395 e. The Bertz CT molecular complexity index is 494. The number of rotatable bonds is 2. The first-order valence-corrected chi connectivity index (χ1v) is 5.32. The molecular weight excluding hydrogens is 260 g/mol. The number of aliphatic hydroxyl groups excluding tert-OH is 1. The first-order valence-electron chi connectivity index (χ1n) is 4.53. The summed E-state index contributed by atoms with van der Waals surface area (Å²) in [6.07, 6.45) is 3.45. The monoisotopic (exact) mass is 270 g/mol. The minimum Gasteiger partial charge on any atom is -0.395 e. The number of hydrogen-bond acceptors (Lipinski definition) is 4. The van der Waals surface area contributed by atoms with Crippen molar-refractivity contribution in [3.8, 4) is 0 Å². The number of aromatic nitrogens is 4. The Hall–Kier alpha value is -1.01. The van der Waals surface area contributed by atoms with Crippen molar-refractivity contribution in [2.75, 3.05) is 6.61 Å². The summed E-state index contributed by atoms with van der Waals surface area (Å²) in [5, 5.41) is 17.4. The van der Waals surface area contributed by atoms with Crippen molar-refractivity contribution in [3.63, 3.8) is 0 Å². The van der Waals surface area contributed by atoms with Crippen molar-refractivity contribution in [3.05, 3.63) is 22.8 Å². The zero-order chi connectivity index (χ0) is 11.1. The second kappa shape index (κ2) is 3.53. The van der Waals surface area contributed by atoms with Gasteiger partial charge in [0, 0.05) is 17.8 Å². The topological polar surface area (TPSA) is 63.3 Å². The highest BCUT2D eigenvalue weighted by Crippen LogP contribution is 2.22. The molecular formula is C9H11BrN4O. The van der Waals surface area contributed by atoms with Gasteiger partial charge >= 0.3 is 0 Å². The van der Waals surface area contributed by atoms with Crippen LogP contribution in [0.15, 0.2) is 17.0 Å². The van der Waals surface area contributed by atoms with E-state index in [-0.39, 0.29) is 6.61 Å². The molecule has 0 aliphatic carbocycles. The number of fused-ring (bicyclic) bond motifs is 1. The van der Waals surface area contributed by atoms with E-state index in [0.29, 0.717) is 10.3 Å². The molecule has 0 saturated heterocycles. The lowest BCUT2D eigenvalue weighted by Gasteiger charge is -2.18. The summed E-state index contributed by atoms with van der Waals surface area (Å²) in [5.41, 5.74) is 0.245. The minimum absolute atomic E-state index is 0.0216. The van der Waals surface area contributed by atoms with Crippen LogP contribution in [-0.2, 0) is 5.41 Å². The van der Waals surface area contributed by atoms with Crippen molar-refractivity contribution in [2.45, 2.75) is 19.3 Å². The van der Waals surface area contributed by atoms with Gasteiger partial charge in [-0.25, -0.2) is 4.98 Å². The molecule has 15 heavy (non-hydrogen) atoms. The van der Waals surface area contributed by atoms with Crippen molar-refractivity contribution in [1.82, 2.24) is 19.6 Å².